The second-order valence-electron chi connectivity index (χ2n) is 5.59. The maximum Gasteiger partial charge on any atom is 0.350 e. The summed E-state index contributed by atoms with van der Waals surface area (Å²) in [6, 6.07) is 11.7. The first-order chi connectivity index (χ1) is 10.8. The summed E-state index contributed by atoms with van der Waals surface area (Å²) in [5.41, 5.74) is 0.581. The third-order valence-corrected chi connectivity index (χ3v) is 3.80. The van der Waals surface area contributed by atoms with E-state index in [0.717, 1.165) is 20.9 Å². The Bertz CT molecular complexity index is 820. The summed E-state index contributed by atoms with van der Waals surface area (Å²) >= 11 is 3.43. The number of carbonyl (C=O) groups is 2. The Hall–Kier alpha value is -2.34. The number of benzene rings is 2. The third kappa shape index (κ3) is 3.37. The van der Waals surface area contributed by atoms with Crippen molar-refractivity contribution in [1.82, 2.24) is 0 Å². The van der Waals surface area contributed by atoms with Crippen LogP contribution in [0.2, 0.25) is 0 Å². The van der Waals surface area contributed by atoms with Gasteiger partial charge in [0.15, 0.2) is 5.57 Å². The number of nitrogens with one attached hydrogen (secondary N) is 1. The zero-order chi connectivity index (χ0) is 16.6. The molecule has 0 aliphatic carbocycles. The average molecular weight is 376 g/mol. The standard InChI is InChI=1S/C17H14BrNO4/c1-17(2)22-15(20)14(16(21)23-17)9-19-13-6-4-10-7-12(18)5-3-11(10)8-13/h3-9,19H,1-2H3. The highest BCUT2D eigenvalue weighted by Crippen LogP contribution is 2.25. The largest absolute Gasteiger partial charge is 0.419 e. The highest BCUT2D eigenvalue weighted by Gasteiger charge is 2.38. The van der Waals surface area contributed by atoms with Crippen LogP contribution in [0.5, 0.6) is 0 Å². The number of halogens is 1. The molecule has 3 rings (SSSR count). The van der Waals surface area contributed by atoms with E-state index in [0.29, 0.717) is 0 Å². The Balaban J connectivity index is 1.83. The van der Waals surface area contributed by atoms with E-state index in [4.69, 9.17) is 9.47 Å². The minimum Gasteiger partial charge on any atom is -0.419 e. The molecule has 1 fully saturated rings. The molecule has 5 nitrogen and oxygen atoms in total. The van der Waals surface area contributed by atoms with E-state index in [9.17, 15) is 9.59 Å². The van der Waals surface area contributed by atoms with Gasteiger partial charge in [-0.2, -0.15) is 0 Å². The van der Waals surface area contributed by atoms with Crippen LogP contribution in [0.3, 0.4) is 0 Å². The van der Waals surface area contributed by atoms with Crippen LogP contribution in [0, 0.1) is 0 Å². The quantitative estimate of drug-likeness (QED) is 0.492. The molecule has 118 valence electrons. The fourth-order valence-electron chi connectivity index (χ4n) is 2.24. The van der Waals surface area contributed by atoms with Gasteiger partial charge >= 0.3 is 11.9 Å². The molecule has 1 saturated heterocycles. The van der Waals surface area contributed by atoms with Gasteiger partial charge in [-0.1, -0.05) is 28.1 Å². The molecule has 0 bridgehead atoms. The van der Waals surface area contributed by atoms with Gasteiger partial charge in [-0.15, -0.1) is 0 Å². The average Bonchev–Trinajstić information content (AvgIpc) is 2.45. The first-order valence-electron chi connectivity index (χ1n) is 6.97. The predicted octanol–water partition coefficient (Wildman–Crippen LogP) is 3.73. The van der Waals surface area contributed by atoms with Gasteiger partial charge in [-0.3, -0.25) is 0 Å². The Morgan fingerprint density at radius 3 is 2.30 bits per heavy atom. The van der Waals surface area contributed by atoms with E-state index in [-0.39, 0.29) is 5.57 Å². The maximum absolute atomic E-state index is 11.9. The first kappa shape index (κ1) is 15.6. The van der Waals surface area contributed by atoms with E-state index in [2.05, 4.69) is 21.2 Å². The van der Waals surface area contributed by atoms with Gasteiger partial charge in [-0.05, 0) is 35.0 Å². The molecule has 0 unspecified atom stereocenters. The van der Waals surface area contributed by atoms with Gasteiger partial charge < -0.3 is 14.8 Å². The third-order valence-electron chi connectivity index (χ3n) is 3.30. The number of hydrogen-bond acceptors (Lipinski definition) is 5. The lowest BCUT2D eigenvalue weighted by Gasteiger charge is -2.29. The predicted molar refractivity (Wildman–Crippen MR) is 89.6 cm³/mol. The summed E-state index contributed by atoms with van der Waals surface area (Å²) in [4.78, 5) is 23.7. The van der Waals surface area contributed by atoms with Gasteiger partial charge in [0.05, 0.1) is 0 Å². The molecular formula is C17H14BrNO4. The number of anilines is 1. The molecule has 0 aromatic heterocycles. The summed E-state index contributed by atoms with van der Waals surface area (Å²) < 4.78 is 11.1. The Kier molecular flexibility index (Phi) is 3.85. The van der Waals surface area contributed by atoms with Crippen LogP contribution in [-0.2, 0) is 19.1 Å². The fourth-order valence-corrected chi connectivity index (χ4v) is 2.62. The lowest BCUT2D eigenvalue weighted by Crippen LogP contribution is -2.42. The summed E-state index contributed by atoms with van der Waals surface area (Å²) in [6.45, 7) is 3.02. The SMILES string of the molecule is CC1(C)OC(=O)C(=CNc2ccc3cc(Br)ccc3c2)C(=O)O1. The van der Waals surface area contributed by atoms with Crippen molar-refractivity contribution in [3.8, 4) is 0 Å². The first-order valence-corrected chi connectivity index (χ1v) is 7.76. The number of cyclic esters (lactones) is 2. The Morgan fingerprint density at radius 1 is 1.00 bits per heavy atom. The molecule has 0 saturated carbocycles. The van der Waals surface area contributed by atoms with E-state index < -0.39 is 17.7 Å². The van der Waals surface area contributed by atoms with Gasteiger partial charge in [0.1, 0.15) is 0 Å². The van der Waals surface area contributed by atoms with Crippen molar-refractivity contribution in [3.63, 3.8) is 0 Å². The highest BCUT2D eigenvalue weighted by molar-refractivity contribution is 9.10. The van der Waals surface area contributed by atoms with E-state index >= 15 is 0 Å². The topological polar surface area (TPSA) is 64.6 Å². The van der Waals surface area contributed by atoms with Gasteiger partial charge in [0.2, 0.25) is 0 Å². The summed E-state index contributed by atoms with van der Waals surface area (Å²) in [6.07, 6.45) is 1.31. The van der Waals surface area contributed by atoms with Crippen molar-refractivity contribution < 1.29 is 19.1 Å². The van der Waals surface area contributed by atoms with E-state index in [1.807, 2.05) is 36.4 Å². The van der Waals surface area contributed by atoms with E-state index in [1.165, 1.54) is 20.0 Å². The van der Waals surface area contributed by atoms with E-state index in [1.54, 1.807) is 0 Å². The highest BCUT2D eigenvalue weighted by atomic mass is 79.9. The van der Waals surface area contributed by atoms with Crippen LogP contribution in [0.15, 0.2) is 52.6 Å². The minimum absolute atomic E-state index is 0.166. The monoisotopic (exact) mass is 375 g/mol. The molecular weight excluding hydrogens is 362 g/mol. The van der Waals surface area contributed by atoms with Gasteiger partial charge in [0, 0.05) is 30.2 Å². The number of rotatable bonds is 2. The van der Waals surface area contributed by atoms with Crippen LogP contribution < -0.4 is 5.32 Å². The molecule has 1 N–H and O–H groups in total. The molecule has 6 heteroatoms. The minimum atomic E-state index is -1.23. The summed E-state index contributed by atoms with van der Waals surface area (Å²) in [5.74, 6) is -2.64. The molecule has 0 atom stereocenters. The number of fused-ring (bicyclic) bond motifs is 1. The van der Waals surface area contributed by atoms with Crippen molar-refractivity contribution in [2.45, 2.75) is 19.6 Å². The molecule has 0 spiro atoms. The molecule has 2 aromatic carbocycles. The lowest BCUT2D eigenvalue weighted by atomic mass is 10.1. The molecule has 23 heavy (non-hydrogen) atoms. The Labute approximate surface area is 141 Å². The number of esters is 2. The molecule has 0 amide bonds. The normalized spacial score (nSPS) is 16.7. The number of carbonyl (C=O) groups excluding carboxylic acids is 2. The number of ether oxygens (including phenoxy) is 2. The van der Waals surface area contributed by atoms with Crippen molar-refractivity contribution in [1.29, 1.82) is 0 Å². The van der Waals surface area contributed by atoms with Crippen LogP contribution in [0.1, 0.15) is 13.8 Å². The molecule has 1 heterocycles. The zero-order valence-corrected chi connectivity index (χ0v) is 14.1. The van der Waals surface area contributed by atoms with Gasteiger partial charge in [-0.25, -0.2) is 9.59 Å². The van der Waals surface area contributed by atoms with Crippen LogP contribution in [-0.4, -0.2) is 17.7 Å². The van der Waals surface area contributed by atoms with Crippen molar-refractivity contribution >= 4 is 44.3 Å². The lowest BCUT2D eigenvalue weighted by molar-refractivity contribution is -0.222. The van der Waals surface area contributed by atoms with Crippen LogP contribution >= 0.6 is 15.9 Å². The second kappa shape index (κ2) is 5.70. The van der Waals surface area contributed by atoms with Crippen molar-refractivity contribution in [2.24, 2.45) is 0 Å². The smallest absolute Gasteiger partial charge is 0.350 e. The van der Waals surface area contributed by atoms with Gasteiger partial charge in [0.25, 0.3) is 5.79 Å². The zero-order valence-electron chi connectivity index (χ0n) is 12.6. The fraction of sp³-hybridized carbons (Fsp3) is 0.176. The van der Waals surface area contributed by atoms with Crippen LogP contribution in [0.25, 0.3) is 10.8 Å². The maximum atomic E-state index is 11.9. The summed E-state index contributed by atoms with van der Waals surface area (Å²) in [7, 11) is 0. The second-order valence-corrected chi connectivity index (χ2v) is 6.50. The molecule has 1 aliphatic heterocycles. The molecule has 0 radical (unpaired) electrons. The summed E-state index contributed by atoms with van der Waals surface area (Å²) in [5, 5.41) is 5.05. The van der Waals surface area contributed by atoms with Crippen molar-refractivity contribution in [2.75, 3.05) is 5.32 Å². The van der Waals surface area contributed by atoms with Crippen molar-refractivity contribution in [3.05, 3.63) is 52.6 Å². The molecule has 2 aromatic rings. The van der Waals surface area contributed by atoms with Crippen LogP contribution in [0.4, 0.5) is 5.69 Å². The molecule has 1 aliphatic rings. The number of hydrogen-bond donors (Lipinski definition) is 1. The Morgan fingerprint density at radius 2 is 1.61 bits per heavy atom.